The number of nitrogens with one attached hydrogen (secondary N) is 1. The van der Waals surface area contributed by atoms with Crippen LogP contribution in [0.1, 0.15) is 21.5 Å². The molecule has 6 nitrogen and oxygen atoms in total. The van der Waals surface area contributed by atoms with E-state index in [2.05, 4.69) is 15.5 Å². The van der Waals surface area contributed by atoms with Crippen LogP contribution in [0.4, 0.5) is 0 Å². The van der Waals surface area contributed by atoms with E-state index in [4.69, 9.17) is 9.47 Å². The molecule has 0 aliphatic carbocycles. The summed E-state index contributed by atoms with van der Waals surface area (Å²) in [6, 6.07) is 26.3. The number of benzene rings is 3. The van der Waals surface area contributed by atoms with Gasteiger partial charge in [-0.05, 0) is 42.8 Å². The van der Waals surface area contributed by atoms with Crippen molar-refractivity contribution in [1.82, 2.24) is 15.5 Å². The van der Waals surface area contributed by atoms with E-state index in [0.29, 0.717) is 35.2 Å². The maximum absolute atomic E-state index is 12.4. The maximum Gasteiger partial charge on any atom is 0.251 e. The molecule has 0 fully saturated rings. The van der Waals surface area contributed by atoms with Gasteiger partial charge in [-0.3, -0.25) is 4.79 Å². The minimum Gasteiger partial charge on any atom is -0.493 e. The van der Waals surface area contributed by atoms with Crippen molar-refractivity contribution < 1.29 is 14.3 Å². The van der Waals surface area contributed by atoms with E-state index >= 15 is 0 Å². The van der Waals surface area contributed by atoms with Crippen molar-refractivity contribution in [2.75, 3.05) is 7.11 Å². The molecule has 4 aromatic rings. The van der Waals surface area contributed by atoms with Gasteiger partial charge in [-0.25, -0.2) is 0 Å². The van der Waals surface area contributed by atoms with Crippen LogP contribution in [0.3, 0.4) is 0 Å². The molecule has 0 aliphatic rings. The first kappa shape index (κ1) is 21.1. The molecule has 0 radical (unpaired) electrons. The molecule has 0 saturated carbocycles. The van der Waals surface area contributed by atoms with E-state index in [0.717, 1.165) is 11.1 Å². The normalized spacial score (nSPS) is 10.4. The van der Waals surface area contributed by atoms with Crippen molar-refractivity contribution >= 4 is 5.91 Å². The highest BCUT2D eigenvalue weighted by Crippen LogP contribution is 2.30. The second-order valence-corrected chi connectivity index (χ2v) is 7.26. The van der Waals surface area contributed by atoms with Crippen molar-refractivity contribution in [3.8, 4) is 28.6 Å². The number of ether oxygens (including phenoxy) is 2. The summed E-state index contributed by atoms with van der Waals surface area (Å²) in [5, 5.41) is 11.3. The molecule has 0 saturated heterocycles. The fourth-order valence-electron chi connectivity index (χ4n) is 3.13. The SMILES string of the molecule is COc1ccccc1Oc1ccc(-c2ccc(C(=O)NCc3ccc(C)cc3)cc2)nn1. The van der Waals surface area contributed by atoms with Gasteiger partial charge < -0.3 is 14.8 Å². The van der Waals surface area contributed by atoms with E-state index in [9.17, 15) is 4.79 Å². The summed E-state index contributed by atoms with van der Waals surface area (Å²) in [4.78, 5) is 12.4. The third-order valence-corrected chi connectivity index (χ3v) is 4.94. The summed E-state index contributed by atoms with van der Waals surface area (Å²) < 4.78 is 11.0. The molecular formula is C26H23N3O3. The number of hydrogen-bond acceptors (Lipinski definition) is 5. The van der Waals surface area contributed by atoms with Gasteiger partial charge in [0.1, 0.15) is 0 Å². The predicted molar refractivity (Wildman–Crippen MR) is 123 cm³/mol. The number of para-hydroxylation sites is 2. The Bertz CT molecular complexity index is 1190. The summed E-state index contributed by atoms with van der Waals surface area (Å²) in [6.45, 7) is 2.52. The van der Waals surface area contributed by atoms with Crippen LogP contribution in [0.15, 0.2) is 84.9 Å². The summed E-state index contributed by atoms with van der Waals surface area (Å²) in [5.74, 6) is 1.43. The Morgan fingerprint density at radius 1 is 0.844 bits per heavy atom. The average molecular weight is 425 g/mol. The fraction of sp³-hybridized carbons (Fsp3) is 0.115. The molecule has 0 bridgehead atoms. The lowest BCUT2D eigenvalue weighted by Crippen LogP contribution is -2.22. The lowest BCUT2D eigenvalue weighted by molar-refractivity contribution is 0.0951. The van der Waals surface area contributed by atoms with Gasteiger partial charge in [-0.1, -0.05) is 54.1 Å². The minimum atomic E-state index is -0.122. The van der Waals surface area contributed by atoms with Gasteiger partial charge in [0.25, 0.3) is 5.91 Å². The minimum absolute atomic E-state index is 0.122. The zero-order chi connectivity index (χ0) is 22.3. The van der Waals surface area contributed by atoms with Gasteiger partial charge in [0.05, 0.1) is 12.8 Å². The van der Waals surface area contributed by atoms with Gasteiger partial charge in [0.2, 0.25) is 5.88 Å². The Labute approximate surface area is 186 Å². The third kappa shape index (κ3) is 5.10. The smallest absolute Gasteiger partial charge is 0.251 e. The number of hydrogen-bond donors (Lipinski definition) is 1. The number of aromatic nitrogens is 2. The predicted octanol–water partition coefficient (Wildman–Crippen LogP) is 5.18. The van der Waals surface area contributed by atoms with Crippen molar-refractivity contribution in [2.45, 2.75) is 13.5 Å². The highest BCUT2D eigenvalue weighted by atomic mass is 16.5. The molecule has 0 unspecified atom stereocenters. The van der Waals surface area contributed by atoms with Crippen LogP contribution in [0.5, 0.6) is 17.4 Å². The number of amides is 1. The standard InChI is InChI=1S/C26H23N3O3/c1-18-7-9-19(10-8-18)17-27-26(30)21-13-11-20(12-14-21)22-15-16-25(29-28-22)32-24-6-4-3-5-23(24)31-2/h3-16H,17H2,1-2H3,(H,27,30). The summed E-state index contributed by atoms with van der Waals surface area (Å²) in [7, 11) is 1.59. The lowest BCUT2D eigenvalue weighted by Gasteiger charge is -2.09. The Morgan fingerprint density at radius 3 is 2.22 bits per heavy atom. The average Bonchev–Trinajstić information content (AvgIpc) is 2.84. The van der Waals surface area contributed by atoms with Crippen molar-refractivity contribution in [1.29, 1.82) is 0 Å². The molecule has 1 heterocycles. The quantitative estimate of drug-likeness (QED) is 0.441. The zero-order valence-electron chi connectivity index (χ0n) is 17.9. The van der Waals surface area contributed by atoms with Crippen LogP contribution in [0.25, 0.3) is 11.3 Å². The second-order valence-electron chi connectivity index (χ2n) is 7.26. The van der Waals surface area contributed by atoms with Crippen molar-refractivity contribution in [3.63, 3.8) is 0 Å². The molecule has 1 N–H and O–H groups in total. The first-order chi connectivity index (χ1) is 15.6. The number of carbonyl (C=O) groups is 1. The van der Waals surface area contributed by atoms with Crippen LogP contribution < -0.4 is 14.8 Å². The topological polar surface area (TPSA) is 73.3 Å². The summed E-state index contributed by atoms with van der Waals surface area (Å²) >= 11 is 0. The molecule has 160 valence electrons. The molecular weight excluding hydrogens is 402 g/mol. The van der Waals surface area contributed by atoms with Crippen LogP contribution in [-0.4, -0.2) is 23.2 Å². The van der Waals surface area contributed by atoms with E-state index in [1.807, 2.05) is 67.6 Å². The largest absolute Gasteiger partial charge is 0.493 e. The molecule has 0 spiro atoms. The van der Waals surface area contributed by atoms with Gasteiger partial charge in [0, 0.05) is 23.7 Å². The second kappa shape index (κ2) is 9.75. The molecule has 1 amide bonds. The Balaban J connectivity index is 1.39. The lowest BCUT2D eigenvalue weighted by atomic mass is 10.1. The summed E-state index contributed by atoms with van der Waals surface area (Å²) in [6.07, 6.45) is 0. The van der Waals surface area contributed by atoms with Gasteiger partial charge in [-0.2, -0.15) is 0 Å². The van der Waals surface area contributed by atoms with Crippen LogP contribution in [-0.2, 0) is 6.54 Å². The molecule has 6 heteroatoms. The first-order valence-electron chi connectivity index (χ1n) is 10.2. The number of rotatable bonds is 7. The number of methoxy groups -OCH3 is 1. The molecule has 0 atom stereocenters. The third-order valence-electron chi connectivity index (χ3n) is 4.94. The number of aryl methyl sites for hydroxylation is 1. The highest BCUT2D eigenvalue weighted by Gasteiger charge is 2.09. The highest BCUT2D eigenvalue weighted by molar-refractivity contribution is 5.94. The molecule has 1 aromatic heterocycles. The first-order valence-corrected chi connectivity index (χ1v) is 10.2. The van der Waals surface area contributed by atoms with E-state index < -0.39 is 0 Å². The molecule has 32 heavy (non-hydrogen) atoms. The zero-order valence-corrected chi connectivity index (χ0v) is 17.9. The van der Waals surface area contributed by atoms with Gasteiger partial charge >= 0.3 is 0 Å². The van der Waals surface area contributed by atoms with Crippen LogP contribution in [0, 0.1) is 6.92 Å². The van der Waals surface area contributed by atoms with Crippen LogP contribution >= 0.6 is 0 Å². The maximum atomic E-state index is 12.4. The number of carbonyl (C=O) groups excluding carboxylic acids is 1. The van der Waals surface area contributed by atoms with Crippen molar-refractivity contribution in [3.05, 3.63) is 102 Å². The Morgan fingerprint density at radius 2 is 1.56 bits per heavy atom. The van der Waals surface area contributed by atoms with E-state index in [1.54, 1.807) is 31.4 Å². The van der Waals surface area contributed by atoms with Crippen molar-refractivity contribution in [2.24, 2.45) is 0 Å². The Kier molecular flexibility index (Phi) is 6.41. The fourth-order valence-corrected chi connectivity index (χ4v) is 3.13. The van der Waals surface area contributed by atoms with E-state index in [-0.39, 0.29) is 5.91 Å². The molecule has 4 rings (SSSR count). The number of nitrogens with zero attached hydrogens (tertiary/aromatic N) is 2. The van der Waals surface area contributed by atoms with Crippen LogP contribution in [0.2, 0.25) is 0 Å². The molecule has 0 aliphatic heterocycles. The monoisotopic (exact) mass is 425 g/mol. The summed E-state index contributed by atoms with van der Waals surface area (Å²) in [5.41, 5.74) is 4.38. The van der Waals surface area contributed by atoms with E-state index in [1.165, 1.54) is 5.56 Å². The molecule has 3 aromatic carbocycles. The van der Waals surface area contributed by atoms with Gasteiger partial charge in [-0.15, -0.1) is 10.2 Å². The Hall–Kier alpha value is -4.19. The van der Waals surface area contributed by atoms with Gasteiger partial charge in [0.15, 0.2) is 11.5 Å².